The highest BCUT2D eigenvalue weighted by Gasteiger charge is 2.34. The maximum Gasteiger partial charge on any atom is 0.416 e. The van der Waals surface area contributed by atoms with E-state index in [1.165, 1.54) is 0 Å². The predicted molar refractivity (Wildman–Crippen MR) is 99.5 cm³/mol. The van der Waals surface area contributed by atoms with E-state index in [-0.39, 0.29) is 11.6 Å². The standard InChI is InChI=1S/C18H18F3N3O3S/c19-18(20,21)13-3-5-15(16(12-13)24(26)27)22-7-9-23(10-8-22)17(25)6-4-14-2-1-11-28-14/h1-3,5,11-12H,4,6-10H2. The number of halogens is 3. The smallest absolute Gasteiger partial charge is 0.362 e. The van der Waals surface area contributed by atoms with Gasteiger partial charge in [-0.15, -0.1) is 11.3 Å². The molecule has 0 atom stereocenters. The third-order valence-electron chi connectivity index (χ3n) is 4.64. The first-order valence-corrected chi connectivity index (χ1v) is 9.54. The lowest BCUT2D eigenvalue weighted by molar-refractivity contribution is -0.384. The molecule has 1 amide bonds. The van der Waals surface area contributed by atoms with Crippen LogP contribution in [0.5, 0.6) is 0 Å². The minimum atomic E-state index is -4.64. The number of aryl methyl sites for hydroxylation is 1. The number of carbonyl (C=O) groups is 1. The molecule has 10 heteroatoms. The third kappa shape index (κ3) is 4.61. The van der Waals surface area contributed by atoms with Crippen molar-refractivity contribution >= 4 is 28.6 Å². The summed E-state index contributed by atoms with van der Waals surface area (Å²) in [7, 11) is 0. The molecular formula is C18H18F3N3O3S. The Bertz CT molecular complexity index is 848. The zero-order chi connectivity index (χ0) is 20.3. The SMILES string of the molecule is O=C(CCc1cccs1)N1CCN(c2ccc(C(F)(F)F)cc2[N+](=O)[O-])CC1. The molecule has 0 bridgehead atoms. The van der Waals surface area contributed by atoms with Gasteiger partial charge in [-0.3, -0.25) is 14.9 Å². The minimum absolute atomic E-state index is 0.00923. The summed E-state index contributed by atoms with van der Waals surface area (Å²) in [6.45, 7) is 1.41. The quantitative estimate of drug-likeness (QED) is 0.550. The van der Waals surface area contributed by atoms with E-state index in [9.17, 15) is 28.1 Å². The van der Waals surface area contributed by atoms with Crippen LogP contribution in [0.1, 0.15) is 16.9 Å². The van der Waals surface area contributed by atoms with Gasteiger partial charge in [0.2, 0.25) is 5.91 Å². The lowest BCUT2D eigenvalue weighted by atomic mass is 10.1. The zero-order valence-electron chi connectivity index (χ0n) is 14.8. The van der Waals surface area contributed by atoms with Crippen LogP contribution in [0, 0.1) is 10.1 Å². The number of alkyl halides is 3. The average molecular weight is 413 g/mol. The van der Waals surface area contributed by atoms with Gasteiger partial charge in [0, 0.05) is 43.5 Å². The van der Waals surface area contributed by atoms with E-state index in [2.05, 4.69) is 0 Å². The molecule has 1 aliphatic heterocycles. The number of hydrogen-bond acceptors (Lipinski definition) is 5. The zero-order valence-corrected chi connectivity index (χ0v) is 15.6. The molecule has 2 aromatic rings. The van der Waals surface area contributed by atoms with Crippen LogP contribution in [0.2, 0.25) is 0 Å². The highest BCUT2D eigenvalue weighted by Crippen LogP contribution is 2.36. The lowest BCUT2D eigenvalue weighted by Gasteiger charge is -2.36. The van der Waals surface area contributed by atoms with Crippen molar-refractivity contribution in [1.29, 1.82) is 0 Å². The first kappa shape index (κ1) is 20.1. The molecular weight excluding hydrogens is 395 g/mol. The first-order chi connectivity index (χ1) is 13.3. The molecule has 1 aliphatic rings. The highest BCUT2D eigenvalue weighted by molar-refractivity contribution is 7.09. The average Bonchev–Trinajstić information content (AvgIpc) is 3.18. The normalized spacial score (nSPS) is 15.0. The molecule has 2 heterocycles. The number of benzene rings is 1. The van der Waals surface area contributed by atoms with Crippen molar-refractivity contribution in [2.24, 2.45) is 0 Å². The number of hydrogen-bond donors (Lipinski definition) is 0. The summed E-state index contributed by atoms with van der Waals surface area (Å²) in [5, 5.41) is 13.2. The topological polar surface area (TPSA) is 66.7 Å². The van der Waals surface area contributed by atoms with Gasteiger partial charge in [-0.1, -0.05) is 6.07 Å². The Balaban J connectivity index is 1.64. The van der Waals surface area contributed by atoms with Crippen LogP contribution in [-0.2, 0) is 17.4 Å². The maximum absolute atomic E-state index is 12.8. The van der Waals surface area contributed by atoms with Crippen LogP contribution in [0.3, 0.4) is 0 Å². The molecule has 0 spiro atoms. The second-order valence-electron chi connectivity index (χ2n) is 6.41. The molecule has 6 nitrogen and oxygen atoms in total. The van der Waals surface area contributed by atoms with Crippen LogP contribution in [0.15, 0.2) is 35.7 Å². The van der Waals surface area contributed by atoms with Gasteiger partial charge in [0.1, 0.15) is 5.69 Å². The Morgan fingerprint density at radius 2 is 1.89 bits per heavy atom. The van der Waals surface area contributed by atoms with Gasteiger partial charge >= 0.3 is 6.18 Å². The fraction of sp³-hybridized carbons (Fsp3) is 0.389. The third-order valence-corrected chi connectivity index (χ3v) is 5.57. The van der Waals surface area contributed by atoms with Crippen LogP contribution < -0.4 is 4.90 Å². The number of amides is 1. The van der Waals surface area contributed by atoms with Gasteiger partial charge in [0.25, 0.3) is 5.69 Å². The molecule has 0 aliphatic carbocycles. The van der Waals surface area contributed by atoms with Crippen LogP contribution in [-0.4, -0.2) is 41.9 Å². The summed E-state index contributed by atoms with van der Waals surface area (Å²) < 4.78 is 38.5. The number of piperazine rings is 1. The van der Waals surface area contributed by atoms with E-state index < -0.39 is 22.4 Å². The van der Waals surface area contributed by atoms with Crippen LogP contribution in [0.4, 0.5) is 24.5 Å². The van der Waals surface area contributed by atoms with Gasteiger partial charge < -0.3 is 9.80 Å². The minimum Gasteiger partial charge on any atom is -0.362 e. The Morgan fingerprint density at radius 1 is 1.18 bits per heavy atom. The van der Waals surface area contributed by atoms with Crippen molar-refractivity contribution in [3.05, 3.63) is 56.3 Å². The van der Waals surface area contributed by atoms with E-state index in [4.69, 9.17) is 0 Å². The number of nitro benzene ring substituents is 1. The number of rotatable bonds is 5. The summed E-state index contributed by atoms with van der Waals surface area (Å²) in [6, 6.07) is 6.45. The highest BCUT2D eigenvalue weighted by atomic mass is 32.1. The fourth-order valence-electron chi connectivity index (χ4n) is 3.15. The van der Waals surface area contributed by atoms with Crippen molar-refractivity contribution in [3.8, 4) is 0 Å². The largest absolute Gasteiger partial charge is 0.416 e. The van der Waals surface area contributed by atoms with Gasteiger partial charge in [-0.05, 0) is 30.0 Å². The molecule has 150 valence electrons. The number of nitrogens with zero attached hydrogens (tertiary/aromatic N) is 3. The predicted octanol–water partition coefficient (Wildman–Crippen LogP) is 3.96. The molecule has 1 aromatic heterocycles. The summed E-state index contributed by atoms with van der Waals surface area (Å²) in [5.41, 5.74) is -1.48. The van der Waals surface area contributed by atoms with Crippen LogP contribution >= 0.6 is 11.3 Å². The Kier molecular flexibility index (Phi) is 5.87. The number of thiophene rings is 1. The summed E-state index contributed by atoms with van der Waals surface area (Å²) in [5.74, 6) is 0.00923. The van der Waals surface area contributed by atoms with Crippen molar-refractivity contribution in [3.63, 3.8) is 0 Å². The molecule has 0 N–H and O–H groups in total. The molecule has 0 radical (unpaired) electrons. The van der Waals surface area contributed by atoms with Gasteiger partial charge in [-0.2, -0.15) is 13.2 Å². The number of anilines is 1. The molecule has 28 heavy (non-hydrogen) atoms. The van der Waals surface area contributed by atoms with E-state index in [0.29, 0.717) is 45.1 Å². The maximum atomic E-state index is 12.8. The molecule has 1 aromatic carbocycles. The number of nitro groups is 1. The molecule has 0 unspecified atom stereocenters. The van der Waals surface area contributed by atoms with Crippen molar-refractivity contribution in [2.75, 3.05) is 31.1 Å². The molecule has 3 rings (SSSR count). The summed E-state index contributed by atoms with van der Waals surface area (Å²) in [6.07, 6.45) is -3.58. The van der Waals surface area contributed by atoms with E-state index in [0.717, 1.165) is 17.0 Å². The lowest BCUT2D eigenvalue weighted by Crippen LogP contribution is -2.49. The van der Waals surface area contributed by atoms with E-state index in [1.807, 2.05) is 17.5 Å². The second kappa shape index (κ2) is 8.17. The van der Waals surface area contributed by atoms with Gasteiger partial charge in [-0.25, -0.2) is 0 Å². The Hall–Kier alpha value is -2.62. The molecule has 1 fully saturated rings. The number of carbonyl (C=O) groups excluding carboxylic acids is 1. The van der Waals surface area contributed by atoms with Crippen LogP contribution in [0.25, 0.3) is 0 Å². The Morgan fingerprint density at radius 3 is 2.46 bits per heavy atom. The van der Waals surface area contributed by atoms with E-state index in [1.54, 1.807) is 21.1 Å². The van der Waals surface area contributed by atoms with Crippen molar-refractivity contribution in [2.45, 2.75) is 19.0 Å². The fourth-order valence-corrected chi connectivity index (χ4v) is 3.86. The van der Waals surface area contributed by atoms with Gasteiger partial charge in [0.05, 0.1) is 10.5 Å². The molecule has 1 saturated heterocycles. The first-order valence-electron chi connectivity index (χ1n) is 8.66. The summed E-state index contributed by atoms with van der Waals surface area (Å²) >= 11 is 1.59. The monoisotopic (exact) mass is 413 g/mol. The second-order valence-corrected chi connectivity index (χ2v) is 7.44. The Labute approximate surface area is 163 Å². The van der Waals surface area contributed by atoms with E-state index >= 15 is 0 Å². The summed E-state index contributed by atoms with van der Waals surface area (Å²) in [4.78, 5) is 27.3. The van der Waals surface area contributed by atoms with Crippen molar-refractivity contribution in [1.82, 2.24) is 4.90 Å². The van der Waals surface area contributed by atoms with Crippen molar-refractivity contribution < 1.29 is 22.9 Å². The van der Waals surface area contributed by atoms with Gasteiger partial charge in [0.15, 0.2) is 0 Å². The molecule has 0 saturated carbocycles.